The van der Waals surface area contributed by atoms with Crippen LogP contribution >= 0.6 is 0 Å². The van der Waals surface area contributed by atoms with Crippen LogP contribution in [0.1, 0.15) is 19.8 Å². The molecule has 14 heavy (non-hydrogen) atoms. The molecule has 1 rings (SSSR count). The van der Waals surface area contributed by atoms with Crippen LogP contribution in [-0.2, 0) is 0 Å². The van der Waals surface area contributed by atoms with Gasteiger partial charge in [0.15, 0.2) is 0 Å². The lowest BCUT2D eigenvalue weighted by Gasteiger charge is -2.27. The minimum atomic E-state index is -0.686. The second-order valence-corrected chi connectivity index (χ2v) is 4.52. The fourth-order valence-corrected chi connectivity index (χ4v) is 1.71. The highest BCUT2D eigenvalue weighted by atomic mass is 16.3. The first-order valence-electron chi connectivity index (χ1n) is 5.14. The van der Waals surface area contributed by atoms with Crippen molar-refractivity contribution in [2.75, 3.05) is 33.7 Å². The summed E-state index contributed by atoms with van der Waals surface area (Å²) < 4.78 is 0. The summed E-state index contributed by atoms with van der Waals surface area (Å²) >= 11 is 0. The first-order valence-corrected chi connectivity index (χ1v) is 5.14. The Balaban J connectivity index is 2.27. The molecule has 1 unspecified atom stereocenters. The number of nitrogens with one attached hydrogen (secondary N) is 1. The predicted octanol–water partition coefficient (Wildman–Crippen LogP) is 0.0809. The van der Waals surface area contributed by atoms with Gasteiger partial charge < -0.3 is 15.3 Å². The summed E-state index contributed by atoms with van der Waals surface area (Å²) in [6.07, 6.45) is 2.16. The van der Waals surface area contributed by atoms with Gasteiger partial charge in [0.2, 0.25) is 0 Å². The summed E-state index contributed by atoms with van der Waals surface area (Å²) in [5.74, 6) is 1.05. The van der Waals surface area contributed by atoms with E-state index >= 15 is 0 Å². The van der Waals surface area contributed by atoms with E-state index in [-0.39, 0.29) is 0 Å². The number of hydrogen-bond donors (Lipinski definition) is 2. The number of hydrogen-bond acceptors (Lipinski definition) is 4. The van der Waals surface area contributed by atoms with Gasteiger partial charge in [-0.15, -0.1) is 0 Å². The van der Waals surface area contributed by atoms with E-state index in [1.165, 1.54) is 0 Å². The molecule has 82 valence electrons. The maximum Gasteiger partial charge on any atom is 0.0964 e. The molecule has 0 saturated carbocycles. The van der Waals surface area contributed by atoms with Crippen molar-refractivity contribution in [3.63, 3.8) is 0 Å². The third-order valence-electron chi connectivity index (χ3n) is 2.20. The zero-order valence-corrected chi connectivity index (χ0v) is 9.38. The van der Waals surface area contributed by atoms with Gasteiger partial charge in [0.05, 0.1) is 11.4 Å². The van der Waals surface area contributed by atoms with Gasteiger partial charge in [0.1, 0.15) is 0 Å². The van der Waals surface area contributed by atoms with Crippen molar-refractivity contribution in [2.45, 2.75) is 25.4 Å². The van der Waals surface area contributed by atoms with E-state index < -0.39 is 5.60 Å². The number of aliphatic hydroxyl groups is 1. The summed E-state index contributed by atoms with van der Waals surface area (Å²) in [6.45, 7) is 4.00. The van der Waals surface area contributed by atoms with Crippen LogP contribution < -0.4 is 5.32 Å². The average molecular weight is 199 g/mol. The molecule has 1 heterocycles. The molecule has 0 radical (unpaired) electrons. The lowest BCUT2D eigenvalue weighted by Crippen LogP contribution is -2.46. The van der Waals surface area contributed by atoms with Gasteiger partial charge in [0, 0.05) is 26.1 Å². The molecule has 1 aliphatic rings. The standard InChI is InChI=1S/C10H21N3O/c1-10(14,8-13(2)3)7-12-9-5-4-6-11-9/h14H,4-8H2,1-3H3,(H,11,12). The highest BCUT2D eigenvalue weighted by Crippen LogP contribution is 2.05. The highest BCUT2D eigenvalue weighted by Gasteiger charge is 2.21. The van der Waals surface area contributed by atoms with E-state index in [0.29, 0.717) is 13.1 Å². The summed E-state index contributed by atoms with van der Waals surface area (Å²) in [4.78, 5) is 6.28. The lowest BCUT2D eigenvalue weighted by molar-refractivity contribution is 0.0378. The van der Waals surface area contributed by atoms with Gasteiger partial charge in [-0.1, -0.05) is 0 Å². The minimum Gasteiger partial charge on any atom is -0.387 e. The van der Waals surface area contributed by atoms with Gasteiger partial charge in [-0.3, -0.25) is 4.99 Å². The number of amidine groups is 1. The zero-order chi connectivity index (χ0) is 10.6. The van der Waals surface area contributed by atoms with Crippen LogP contribution in [0.3, 0.4) is 0 Å². The molecule has 0 aromatic heterocycles. The van der Waals surface area contributed by atoms with Crippen molar-refractivity contribution in [1.29, 1.82) is 0 Å². The van der Waals surface area contributed by atoms with Gasteiger partial charge in [0.25, 0.3) is 0 Å². The molecule has 0 fully saturated rings. The summed E-state index contributed by atoms with van der Waals surface area (Å²) in [6, 6.07) is 0. The summed E-state index contributed by atoms with van der Waals surface area (Å²) in [5, 5.41) is 13.2. The summed E-state index contributed by atoms with van der Waals surface area (Å²) in [5.41, 5.74) is -0.686. The van der Waals surface area contributed by atoms with Crippen LogP contribution in [0.25, 0.3) is 0 Å². The molecule has 0 bridgehead atoms. The van der Waals surface area contributed by atoms with E-state index in [4.69, 9.17) is 0 Å². The van der Waals surface area contributed by atoms with Crippen LogP contribution in [0.2, 0.25) is 0 Å². The second kappa shape index (κ2) is 4.75. The van der Waals surface area contributed by atoms with Gasteiger partial charge in [-0.05, 0) is 27.4 Å². The Labute approximate surface area is 86.0 Å². The van der Waals surface area contributed by atoms with Crippen molar-refractivity contribution in [3.8, 4) is 0 Å². The Morgan fingerprint density at radius 2 is 2.29 bits per heavy atom. The SMILES string of the molecule is CN(C)CC(C)(O)CNC1=NCCC1. The molecule has 0 aromatic carbocycles. The Morgan fingerprint density at radius 1 is 1.57 bits per heavy atom. The second-order valence-electron chi connectivity index (χ2n) is 4.52. The highest BCUT2D eigenvalue weighted by molar-refractivity contribution is 5.83. The van der Waals surface area contributed by atoms with E-state index in [1.54, 1.807) is 0 Å². The van der Waals surface area contributed by atoms with Crippen molar-refractivity contribution < 1.29 is 5.11 Å². The van der Waals surface area contributed by atoms with Crippen molar-refractivity contribution >= 4 is 5.84 Å². The van der Waals surface area contributed by atoms with Crippen molar-refractivity contribution in [3.05, 3.63) is 0 Å². The van der Waals surface area contributed by atoms with Gasteiger partial charge >= 0.3 is 0 Å². The minimum absolute atomic E-state index is 0.573. The van der Waals surface area contributed by atoms with Crippen LogP contribution in [-0.4, -0.2) is 55.2 Å². The molecule has 0 aliphatic carbocycles. The van der Waals surface area contributed by atoms with Gasteiger partial charge in [-0.25, -0.2) is 0 Å². The Bertz CT molecular complexity index is 211. The van der Waals surface area contributed by atoms with E-state index in [1.807, 2.05) is 25.9 Å². The Morgan fingerprint density at radius 3 is 2.79 bits per heavy atom. The normalized spacial score (nSPS) is 20.8. The van der Waals surface area contributed by atoms with E-state index in [0.717, 1.165) is 25.2 Å². The number of rotatable bonds is 4. The zero-order valence-electron chi connectivity index (χ0n) is 9.38. The third kappa shape index (κ3) is 4.07. The molecule has 0 spiro atoms. The largest absolute Gasteiger partial charge is 0.387 e. The van der Waals surface area contributed by atoms with E-state index in [9.17, 15) is 5.11 Å². The molecule has 0 amide bonds. The van der Waals surface area contributed by atoms with Gasteiger partial charge in [-0.2, -0.15) is 0 Å². The third-order valence-corrected chi connectivity index (χ3v) is 2.20. The Hall–Kier alpha value is -0.610. The molecule has 2 N–H and O–H groups in total. The number of likely N-dealkylation sites (N-methyl/N-ethyl adjacent to an activating group) is 1. The van der Waals surface area contributed by atoms with E-state index in [2.05, 4.69) is 10.3 Å². The topological polar surface area (TPSA) is 47.9 Å². The maximum atomic E-state index is 9.99. The smallest absolute Gasteiger partial charge is 0.0964 e. The fraction of sp³-hybridized carbons (Fsp3) is 0.900. The molecule has 0 aromatic rings. The molecule has 4 nitrogen and oxygen atoms in total. The average Bonchev–Trinajstić information content (AvgIpc) is 2.50. The van der Waals surface area contributed by atoms with Crippen molar-refractivity contribution in [2.24, 2.45) is 4.99 Å². The quantitative estimate of drug-likeness (QED) is 0.674. The molecule has 4 heteroatoms. The van der Waals surface area contributed by atoms with Crippen LogP contribution in [0.5, 0.6) is 0 Å². The fourth-order valence-electron chi connectivity index (χ4n) is 1.71. The maximum absolute atomic E-state index is 9.99. The molecular weight excluding hydrogens is 178 g/mol. The van der Waals surface area contributed by atoms with Crippen LogP contribution in [0.15, 0.2) is 4.99 Å². The van der Waals surface area contributed by atoms with Crippen LogP contribution in [0.4, 0.5) is 0 Å². The first kappa shape index (κ1) is 11.5. The Kier molecular flexibility index (Phi) is 3.89. The lowest BCUT2D eigenvalue weighted by atomic mass is 10.1. The molecule has 0 saturated heterocycles. The monoisotopic (exact) mass is 199 g/mol. The first-order chi connectivity index (χ1) is 6.49. The molecular formula is C10H21N3O. The molecule has 1 atom stereocenters. The predicted molar refractivity (Wildman–Crippen MR) is 58.7 cm³/mol. The van der Waals surface area contributed by atoms with Crippen LogP contribution in [0, 0.1) is 0 Å². The number of nitrogens with zero attached hydrogens (tertiary/aromatic N) is 2. The number of aliphatic imine (C=N–C) groups is 1. The van der Waals surface area contributed by atoms with Crippen molar-refractivity contribution in [1.82, 2.24) is 10.2 Å². The summed E-state index contributed by atoms with van der Waals surface area (Å²) in [7, 11) is 3.92. The molecule has 1 aliphatic heterocycles.